The molecule has 1 heterocycles. The number of phenols is 1. The molecule has 0 bridgehead atoms. The Bertz CT molecular complexity index is 571. The number of aryl methyl sites for hydroxylation is 1. The van der Waals surface area contributed by atoms with E-state index in [0.29, 0.717) is 6.42 Å². The fraction of sp³-hybridized carbons (Fsp3) is 0.308. The molecule has 90 valence electrons. The topological polar surface area (TPSA) is 57.5 Å². The van der Waals surface area contributed by atoms with E-state index in [0.717, 1.165) is 21.2 Å². The van der Waals surface area contributed by atoms with Gasteiger partial charge in [0, 0.05) is 10.3 Å². The van der Waals surface area contributed by atoms with Crippen molar-refractivity contribution in [2.45, 2.75) is 26.2 Å². The van der Waals surface area contributed by atoms with Gasteiger partial charge >= 0.3 is 5.97 Å². The van der Waals surface area contributed by atoms with Crippen molar-refractivity contribution in [3.63, 3.8) is 0 Å². The second kappa shape index (κ2) is 4.37. The predicted octanol–water partition coefficient (Wildman–Crippen LogP) is 3.49. The van der Waals surface area contributed by atoms with Crippen molar-refractivity contribution in [2.75, 3.05) is 0 Å². The zero-order valence-electron chi connectivity index (χ0n) is 9.73. The quantitative estimate of drug-likeness (QED) is 0.876. The first kappa shape index (κ1) is 11.9. The van der Waals surface area contributed by atoms with E-state index in [9.17, 15) is 15.0 Å². The average Bonchev–Trinajstić information content (AvgIpc) is 2.69. The molecule has 0 spiro atoms. The number of aliphatic carboxylic acids is 1. The van der Waals surface area contributed by atoms with Gasteiger partial charge in [-0.3, -0.25) is 4.79 Å². The highest BCUT2D eigenvalue weighted by atomic mass is 32.1. The highest BCUT2D eigenvalue weighted by Crippen LogP contribution is 2.37. The molecule has 0 aliphatic carbocycles. The number of carboxylic acid groups (broad SMARTS) is 1. The van der Waals surface area contributed by atoms with Gasteiger partial charge in [-0.2, -0.15) is 0 Å². The summed E-state index contributed by atoms with van der Waals surface area (Å²) in [7, 11) is 0. The van der Waals surface area contributed by atoms with Crippen LogP contribution in [0.5, 0.6) is 5.75 Å². The smallest absolute Gasteiger partial charge is 0.311 e. The number of rotatable bonds is 3. The Balaban J connectivity index is 2.65. The van der Waals surface area contributed by atoms with Crippen LogP contribution in [0.1, 0.15) is 30.4 Å². The summed E-state index contributed by atoms with van der Waals surface area (Å²) in [6, 6.07) is 3.43. The minimum Gasteiger partial charge on any atom is -0.508 e. The van der Waals surface area contributed by atoms with Crippen molar-refractivity contribution in [3.05, 3.63) is 28.6 Å². The monoisotopic (exact) mass is 250 g/mol. The van der Waals surface area contributed by atoms with Crippen molar-refractivity contribution in [3.8, 4) is 5.75 Å². The van der Waals surface area contributed by atoms with Crippen molar-refractivity contribution < 1.29 is 15.0 Å². The zero-order chi connectivity index (χ0) is 12.6. The molecule has 0 aliphatic heterocycles. The van der Waals surface area contributed by atoms with Gasteiger partial charge in [0.2, 0.25) is 0 Å². The van der Waals surface area contributed by atoms with Gasteiger partial charge in [-0.1, -0.05) is 6.92 Å². The predicted molar refractivity (Wildman–Crippen MR) is 68.9 cm³/mol. The lowest BCUT2D eigenvalue weighted by Crippen LogP contribution is -2.09. The maximum Gasteiger partial charge on any atom is 0.311 e. The van der Waals surface area contributed by atoms with Gasteiger partial charge in [0.05, 0.1) is 5.92 Å². The molecule has 0 radical (unpaired) electrons. The molecule has 1 atom stereocenters. The molecule has 4 heteroatoms. The van der Waals surface area contributed by atoms with Gasteiger partial charge in [0.15, 0.2) is 0 Å². The summed E-state index contributed by atoms with van der Waals surface area (Å²) >= 11 is 1.49. The number of benzene rings is 1. The Hall–Kier alpha value is -1.55. The molecule has 1 aromatic carbocycles. The van der Waals surface area contributed by atoms with E-state index in [1.807, 2.05) is 19.2 Å². The molecule has 0 fully saturated rings. The molecule has 2 aromatic rings. The molecule has 2 rings (SSSR count). The number of phenolic OH excluding ortho intramolecular Hbond substituents is 1. The van der Waals surface area contributed by atoms with Crippen LogP contribution in [-0.4, -0.2) is 16.2 Å². The SMILES string of the molecule is CCC(C(=O)O)c1csc2c(C)c(O)ccc12. The van der Waals surface area contributed by atoms with E-state index in [1.54, 1.807) is 12.1 Å². The number of hydrogen-bond acceptors (Lipinski definition) is 3. The third-order valence-corrected chi connectivity index (χ3v) is 4.21. The van der Waals surface area contributed by atoms with Crippen LogP contribution in [0.25, 0.3) is 10.1 Å². The maximum atomic E-state index is 11.2. The number of hydrogen-bond donors (Lipinski definition) is 2. The van der Waals surface area contributed by atoms with Gasteiger partial charge in [-0.15, -0.1) is 11.3 Å². The second-order valence-electron chi connectivity index (χ2n) is 4.08. The lowest BCUT2D eigenvalue weighted by atomic mass is 9.95. The van der Waals surface area contributed by atoms with Crippen LogP contribution < -0.4 is 0 Å². The van der Waals surface area contributed by atoms with Gasteiger partial charge in [0.1, 0.15) is 5.75 Å². The van der Waals surface area contributed by atoms with Gasteiger partial charge in [0.25, 0.3) is 0 Å². The Morgan fingerprint density at radius 1 is 1.47 bits per heavy atom. The van der Waals surface area contributed by atoms with E-state index in [-0.39, 0.29) is 5.75 Å². The van der Waals surface area contributed by atoms with Crippen molar-refractivity contribution in [1.29, 1.82) is 0 Å². The van der Waals surface area contributed by atoms with Crippen LogP contribution in [-0.2, 0) is 4.79 Å². The van der Waals surface area contributed by atoms with Gasteiger partial charge < -0.3 is 10.2 Å². The lowest BCUT2D eigenvalue weighted by Gasteiger charge is -2.09. The fourth-order valence-corrected chi connectivity index (χ4v) is 3.17. The Morgan fingerprint density at radius 2 is 2.18 bits per heavy atom. The van der Waals surface area contributed by atoms with Crippen LogP contribution in [0.2, 0.25) is 0 Å². The van der Waals surface area contributed by atoms with E-state index in [2.05, 4.69) is 0 Å². The summed E-state index contributed by atoms with van der Waals surface area (Å²) in [6.07, 6.45) is 0.571. The summed E-state index contributed by atoms with van der Waals surface area (Å²) < 4.78 is 0.972. The third kappa shape index (κ3) is 1.89. The third-order valence-electron chi connectivity index (χ3n) is 3.07. The Morgan fingerprint density at radius 3 is 2.76 bits per heavy atom. The van der Waals surface area contributed by atoms with Crippen LogP contribution in [0.15, 0.2) is 17.5 Å². The van der Waals surface area contributed by atoms with Crippen molar-refractivity contribution in [2.24, 2.45) is 0 Å². The number of aromatic hydroxyl groups is 1. The van der Waals surface area contributed by atoms with E-state index in [4.69, 9.17) is 0 Å². The first-order chi connectivity index (χ1) is 8.06. The Kier molecular flexibility index (Phi) is 3.07. The minimum atomic E-state index is -0.794. The standard InChI is InChI=1S/C13H14O3S/c1-3-8(13(15)16)10-6-17-12-7(2)11(14)5-4-9(10)12/h4-6,8,14H,3H2,1-2H3,(H,15,16). The molecule has 2 N–H and O–H groups in total. The molecule has 0 amide bonds. The molecular formula is C13H14O3S. The van der Waals surface area contributed by atoms with Crippen LogP contribution >= 0.6 is 11.3 Å². The van der Waals surface area contributed by atoms with Gasteiger partial charge in [-0.05, 0) is 41.8 Å². The molecule has 17 heavy (non-hydrogen) atoms. The minimum absolute atomic E-state index is 0.259. The summed E-state index contributed by atoms with van der Waals surface area (Å²) in [5, 5.41) is 21.6. The average molecular weight is 250 g/mol. The second-order valence-corrected chi connectivity index (χ2v) is 4.96. The molecule has 0 aliphatic rings. The molecule has 0 saturated carbocycles. The number of carbonyl (C=O) groups is 1. The zero-order valence-corrected chi connectivity index (χ0v) is 10.5. The first-order valence-electron chi connectivity index (χ1n) is 5.48. The largest absolute Gasteiger partial charge is 0.508 e. The Labute approximate surface area is 103 Å². The maximum absolute atomic E-state index is 11.2. The number of fused-ring (bicyclic) bond motifs is 1. The van der Waals surface area contributed by atoms with Gasteiger partial charge in [-0.25, -0.2) is 0 Å². The van der Waals surface area contributed by atoms with Crippen LogP contribution in [0.4, 0.5) is 0 Å². The summed E-state index contributed by atoms with van der Waals surface area (Å²) in [6.45, 7) is 3.72. The lowest BCUT2D eigenvalue weighted by molar-refractivity contribution is -0.138. The van der Waals surface area contributed by atoms with Crippen molar-refractivity contribution >= 4 is 27.4 Å². The highest BCUT2D eigenvalue weighted by Gasteiger charge is 2.21. The number of carboxylic acids is 1. The molecule has 3 nitrogen and oxygen atoms in total. The molecule has 1 unspecified atom stereocenters. The fourth-order valence-electron chi connectivity index (χ4n) is 2.04. The molecular weight excluding hydrogens is 236 g/mol. The normalized spacial score (nSPS) is 12.8. The van der Waals surface area contributed by atoms with Crippen LogP contribution in [0, 0.1) is 6.92 Å². The van der Waals surface area contributed by atoms with E-state index >= 15 is 0 Å². The van der Waals surface area contributed by atoms with E-state index in [1.165, 1.54) is 11.3 Å². The summed E-state index contributed by atoms with van der Waals surface area (Å²) in [4.78, 5) is 11.2. The summed E-state index contributed by atoms with van der Waals surface area (Å²) in [5.74, 6) is -1.00. The van der Waals surface area contributed by atoms with E-state index < -0.39 is 11.9 Å². The van der Waals surface area contributed by atoms with Crippen molar-refractivity contribution in [1.82, 2.24) is 0 Å². The van der Waals surface area contributed by atoms with Crippen LogP contribution in [0.3, 0.4) is 0 Å². The summed E-state index contributed by atoms with van der Waals surface area (Å²) in [5.41, 5.74) is 1.67. The first-order valence-corrected chi connectivity index (χ1v) is 6.36. The molecule has 0 saturated heterocycles. The number of thiophene rings is 1. The highest BCUT2D eigenvalue weighted by molar-refractivity contribution is 7.17. The molecule has 1 aromatic heterocycles.